The summed E-state index contributed by atoms with van der Waals surface area (Å²) in [6.45, 7) is 1.15. The summed E-state index contributed by atoms with van der Waals surface area (Å²) in [6, 6.07) is 9.90. The highest BCUT2D eigenvalue weighted by Crippen LogP contribution is 2.24. The number of hydrogen-bond donors (Lipinski definition) is 0. The zero-order valence-electron chi connectivity index (χ0n) is 14.5. The van der Waals surface area contributed by atoms with E-state index in [1.165, 1.54) is 23.3 Å². The number of ketones is 1. The van der Waals surface area contributed by atoms with Crippen molar-refractivity contribution in [1.29, 1.82) is 0 Å². The first-order valence-corrected chi connectivity index (χ1v) is 8.53. The number of carbonyl (C=O) groups excluding carboxylic acids is 2. The SMILES string of the molecule is Cc1cccc([N+](=O)[O-])c1C(=O)OCC(=O)c1ccc2c(c1)CCCC2. The van der Waals surface area contributed by atoms with Crippen molar-refractivity contribution in [1.82, 2.24) is 0 Å². The molecule has 26 heavy (non-hydrogen) atoms. The molecule has 0 aromatic heterocycles. The van der Waals surface area contributed by atoms with Crippen LogP contribution in [0.25, 0.3) is 0 Å². The number of nitrogens with zero attached hydrogens (tertiary/aromatic N) is 1. The van der Waals surface area contributed by atoms with Crippen molar-refractivity contribution in [2.75, 3.05) is 6.61 Å². The van der Waals surface area contributed by atoms with E-state index in [2.05, 4.69) is 0 Å². The van der Waals surface area contributed by atoms with Crippen molar-refractivity contribution in [3.05, 3.63) is 74.3 Å². The third kappa shape index (κ3) is 3.64. The number of aryl methyl sites for hydroxylation is 3. The van der Waals surface area contributed by atoms with Gasteiger partial charge in [0.1, 0.15) is 5.56 Å². The van der Waals surface area contributed by atoms with Gasteiger partial charge in [-0.1, -0.05) is 24.3 Å². The third-order valence-corrected chi connectivity index (χ3v) is 4.66. The fourth-order valence-electron chi connectivity index (χ4n) is 3.26. The summed E-state index contributed by atoms with van der Waals surface area (Å²) in [5.74, 6) is -1.18. The van der Waals surface area contributed by atoms with Crippen LogP contribution in [0.1, 0.15) is 50.2 Å². The van der Waals surface area contributed by atoms with Gasteiger partial charge in [-0.05, 0) is 55.4 Å². The van der Waals surface area contributed by atoms with Gasteiger partial charge in [-0.25, -0.2) is 4.79 Å². The fraction of sp³-hybridized carbons (Fsp3) is 0.300. The maximum Gasteiger partial charge on any atom is 0.345 e. The molecule has 0 amide bonds. The molecule has 0 atom stereocenters. The van der Waals surface area contributed by atoms with Crippen molar-refractivity contribution in [2.24, 2.45) is 0 Å². The lowest BCUT2D eigenvalue weighted by molar-refractivity contribution is -0.385. The molecule has 1 aliphatic rings. The molecular formula is C20H19NO5. The number of rotatable bonds is 5. The Morgan fingerprint density at radius 3 is 2.58 bits per heavy atom. The van der Waals surface area contributed by atoms with E-state index in [1.807, 2.05) is 12.1 Å². The Morgan fingerprint density at radius 1 is 1.12 bits per heavy atom. The first kappa shape index (κ1) is 17.8. The number of fused-ring (bicyclic) bond motifs is 1. The van der Waals surface area contributed by atoms with E-state index < -0.39 is 17.5 Å². The lowest BCUT2D eigenvalue weighted by Gasteiger charge is -2.16. The molecule has 6 nitrogen and oxygen atoms in total. The van der Waals surface area contributed by atoms with Crippen molar-refractivity contribution in [3.63, 3.8) is 0 Å². The number of Topliss-reactive ketones (excluding diaryl/α,β-unsaturated/α-hetero) is 1. The van der Waals surface area contributed by atoms with Crippen LogP contribution in [0.15, 0.2) is 36.4 Å². The minimum absolute atomic E-state index is 0.115. The average molecular weight is 353 g/mol. The highest BCUT2D eigenvalue weighted by Gasteiger charge is 2.24. The summed E-state index contributed by atoms with van der Waals surface area (Å²) in [6.07, 6.45) is 4.24. The molecule has 0 bridgehead atoms. The Hall–Kier alpha value is -3.02. The quantitative estimate of drug-likeness (QED) is 0.353. The molecule has 2 aromatic rings. The molecule has 6 heteroatoms. The Morgan fingerprint density at radius 2 is 1.85 bits per heavy atom. The minimum atomic E-state index is -0.860. The molecule has 0 heterocycles. The molecule has 134 valence electrons. The van der Waals surface area contributed by atoms with Crippen molar-refractivity contribution < 1.29 is 19.2 Å². The number of ether oxygens (including phenoxy) is 1. The van der Waals surface area contributed by atoms with Gasteiger partial charge in [-0.15, -0.1) is 0 Å². The first-order chi connectivity index (χ1) is 12.5. The van der Waals surface area contributed by atoms with Crippen LogP contribution in [-0.2, 0) is 17.6 Å². The van der Waals surface area contributed by atoms with Crippen LogP contribution in [-0.4, -0.2) is 23.3 Å². The van der Waals surface area contributed by atoms with Crippen LogP contribution in [0.5, 0.6) is 0 Å². The van der Waals surface area contributed by atoms with E-state index in [1.54, 1.807) is 19.1 Å². The number of nitro groups is 1. The predicted molar refractivity (Wildman–Crippen MR) is 95.5 cm³/mol. The van der Waals surface area contributed by atoms with Gasteiger partial charge in [0.25, 0.3) is 5.69 Å². The van der Waals surface area contributed by atoms with E-state index >= 15 is 0 Å². The number of carbonyl (C=O) groups is 2. The predicted octanol–water partition coefficient (Wildman–Crippen LogP) is 3.82. The summed E-state index contributed by atoms with van der Waals surface area (Å²) in [7, 11) is 0. The van der Waals surface area contributed by atoms with Gasteiger partial charge in [0, 0.05) is 11.6 Å². The van der Waals surface area contributed by atoms with Crippen molar-refractivity contribution in [3.8, 4) is 0 Å². The van der Waals surface area contributed by atoms with Crippen LogP contribution in [0.2, 0.25) is 0 Å². The average Bonchev–Trinajstić information content (AvgIpc) is 2.65. The topological polar surface area (TPSA) is 86.5 Å². The lowest BCUT2D eigenvalue weighted by atomic mass is 9.90. The maximum atomic E-state index is 12.4. The molecule has 0 fully saturated rings. The molecule has 2 aromatic carbocycles. The Labute approximate surface area is 150 Å². The van der Waals surface area contributed by atoms with Gasteiger partial charge in [0.05, 0.1) is 4.92 Å². The highest BCUT2D eigenvalue weighted by molar-refractivity contribution is 6.01. The Bertz CT molecular complexity index is 888. The fourth-order valence-corrected chi connectivity index (χ4v) is 3.26. The van der Waals surface area contributed by atoms with Gasteiger partial charge in [-0.3, -0.25) is 14.9 Å². The molecule has 0 saturated carbocycles. The lowest BCUT2D eigenvalue weighted by Crippen LogP contribution is -2.17. The summed E-state index contributed by atoms with van der Waals surface area (Å²) in [4.78, 5) is 35.1. The second kappa shape index (κ2) is 7.47. The van der Waals surface area contributed by atoms with Crippen molar-refractivity contribution >= 4 is 17.4 Å². The van der Waals surface area contributed by atoms with Gasteiger partial charge in [0.2, 0.25) is 0 Å². The monoisotopic (exact) mass is 353 g/mol. The molecule has 0 radical (unpaired) electrons. The van der Waals surface area contributed by atoms with Gasteiger partial charge < -0.3 is 4.74 Å². The first-order valence-electron chi connectivity index (χ1n) is 8.53. The minimum Gasteiger partial charge on any atom is -0.453 e. The van der Waals surface area contributed by atoms with Gasteiger partial charge >= 0.3 is 5.97 Å². The molecule has 0 saturated heterocycles. The van der Waals surface area contributed by atoms with E-state index in [4.69, 9.17) is 4.74 Å². The van der Waals surface area contributed by atoms with E-state index in [0.717, 1.165) is 25.7 Å². The van der Waals surface area contributed by atoms with Gasteiger partial charge in [0.15, 0.2) is 12.4 Å². The maximum absolute atomic E-state index is 12.4. The highest BCUT2D eigenvalue weighted by atomic mass is 16.6. The molecular weight excluding hydrogens is 334 g/mol. The molecule has 0 aliphatic heterocycles. The second-order valence-electron chi connectivity index (χ2n) is 6.42. The van der Waals surface area contributed by atoms with E-state index in [0.29, 0.717) is 11.1 Å². The van der Waals surface area contributed by atoms with Gasteiger partial charge in [-0.2, -0.15) is 0 Å². The largest absolute Gasteiger partial charge is 0.453 e. The molecule has 0 N–H and O–H groups in total. The number of nitro benzene ring substituents is 1. The zero-order chi connectivity index (χ0) is 18.7. The molecule has 3 rings (SSSR count). The van der Waals surface area contributed by atoms with Crippen LogP contribution >= 0.6 is 0 Å². The van der Waals surface area contributed by atoms with Crippen LogP contribution in [0.4, 0.5) is 5.69 Å². The summed E-state index contributed by atoms with van der Waals surface area (Å²) in [5.41, 5.74) is 2.93. The van der Waals surface area contributed by atoms with Crippen LogP contribution in [0, 0.1) is 17.0 Å². The van der Waals surface area contributed by atoms with Crippen molar-refractivity contribution in [2.45, 2.75) is 32.6 Å². The Kier molecular flexibility index (Phi) is 5.11. The summed E-state index contributed by atoms with van der Waals surface area (Å²) in [5, 5.41) is 11.1. The standard InChI is InChI=1S/C20H19NO5/c1-13-5-4-8-17(21(24)25)19(13)20(23)26-12-18(22)16-10-9-14-6-2-3-7-15(14)11-16/h4-5,8-11H,2-3,6-7,12H2,1H3. The van der Waals surface area contributed by atoms with E-state index in [9.17, 15) is 19.7 Å². The Balaban J connectivity index is 1.72. The molecule has 1 aliphatic carbocycles. The number of esters is 1. The van der Waals surface area contributed by atoms with Crippen LogP contribution in [0.3, 0.4) is 0 Å². The third-order valence-electron chi connectivity index (χ3n) is 4.66. The summed E-state index contributed by atoms with van der Waals surface area (Å²) < 4.78 is 5.07. The smallest absolute Gasteiger partial charge is 0.345 e. The normalized spacial score (nSPS) is 13.0. The zero-order valence-corrected chi connectivity index (χ0v) is 14.5. The van der Waals surface area contributed by atoms with E-state index in [-0.39, 0.29) is 17.0 Å². The number of benzene rings is 2. The van der Waals surface area contributed by atoms with Crippen LogP contribution < -0.4 is 0 Å². The second-order valence-corrected chi connectivity index (χ2v) is 6.42. The molecule has 0 unspecified atom stereocenters. The molecule has 0 spiro atoms. The number of hydrogen-bond acceptors (Lipinski definition) is 5. The summed E-state index contributed by atoms with van der Waals surface area (Å²) >= 11 is 0.